The van der Waals surface area contributed by atoms with Crippen LogP contribution in [-0.2, 0) is 4.74 Å². The topological polar surface area (TPSA) is 58.6 Å². The Kier molecular flexibility index (Phi) is 5.88. The molecule has 2 N–H and O–H groups in total. The number of rotatable bonds is 6. The van der Waals surface area contributed by atoms with Gasteiger partial charge in [-0.15, -0.1) is 11.6 Å². The molecule has 4 nitrogen and oxygen atoms in total. The first kappa shape index (κ1) is 14.7. The largest absolute Gasteiger partial charge is 0.507 e. The van der Waals surface area contributed by atoms with Crippen molar-refractivity contribution in [1.29, 1.82) is 0 Å². The highest BCUT2D eigenvalue weighted by Gasteiger charge is 2.16. The van der Waals surface area contributed by atoms with E-state index in [2.05, 4.69) is 5.32 Å². The second-order valence-electron chi connectivity index (χ2n) is 3.77. The molecule has 6 heteroatoms. The van der Waals surface area contributed by atoms with E-state index in [0.717, 1.165) is 12.1 Å². The quantitative estimate of drug-likeness (QED) is 0.780. The van der Waals surface area contributed by atoms with E-state index in [4.69, 9.17) is 16.3 Å². The Labute approximate surface area is 110 Å². The molecule has 0 aliphatic rings. The number of benzene rings is 1. The number of ether oxygens (including phenoxy) is 1. The monoisotopic (exact) mass is 275 g/mol. The number of amides is 1. The van der Waals surface area contributed by atoms with E-state index in [-0.39, 0.29) is 17.5 Å². The fourth-order valence-electron chi connectivity index (χ4n) is 1.41. The minimum Gasteiger partial charge on any atom is -0.507 e. The number of carbonyl (C=O) groups excluding carboxylic acids is 1. The maximum Gasteiger partial charge on any atom is 0.255 e. The van der Waals surface area contributed by atoms with Crippen molar-refractivity contribution in [2.45, 2.75) is 12.5 Å². The van der Waals surface area contributed by atoms with Crippen molar-refractivity contribution in [3.8, 4) is 5.75 Å². The van der Waals surface area contributed by atoms with Crippen molar-refractivity contribution in [2.75, 3.05) is 19.6 Å². The number of nitrogens with one attached hydrogen (secondary N) is 1. The standard InChI is InChI=1S/C12H15ClFNO3/c1-18-5-4-9(7-13)15-12(17)10-3-2-8(14)6-11(10)16/h2-3,6,9,16H,4-5,7H2,1H3,(H,15,17). The van der Waals surface area contributed by atoms with Crippen LogP contribution in [0.1, 0.15) is 16.8 Å². The summed E-state index contributed by atoms with van der Waals surface area (Å²) in [6.45, 7) is 0.465. The van der Waals surface area contributed by atoms with Crippen LogP contribution in [0.15, 0.2) is 18.2 Å². The van der Waals surface area contributed by atoms with Crippen LogP contribution in [0.3, 0.4) is 0 Å². The number of methoxy groups -OCH3 is 1. The maximum absolute atomic E-state index is 12.8. The van der Waals surface area contributed by atoms with Crippen molar-refractivity contribution < 1.29 is 19.0 Å². The van der Waals surface area contributed by atoms with Crippen LogP contribution < -0.4 is 5.32 Å². The Morgan fingerprint density at radius 1 is 1.61 bits per heavy atom. The molecule has 18 heavy (non-hydrogen) atoms. The van der Waals surface area contributed by atoms with Gasteiger partial charge in [0.05, 0.1) is 5.56 Å². The smallest absolute Gasteiger partial charge is 0.255 e. The van der Waals surface area contributed by atoms with Gasteiger partial charge in [-0.2, -0.15) is 0 Å². The second-order valence-corrected chi connectivity index (χ2v) is 4.08. The maximum atomic E-state index is 12.8. The molecule has 1 rings (SSSR count). The first-order valence-electron chi connectivity index (χ1n) is 5.42. The molecule has 1 aromatic rings. The van der Waals surface area contributed by atoms with Gasteiger partial charge in [0, 0.05) is 31.7 Å². The SMILES string of the molecule is COCCC(CCl)NC(=O)c1ccc(F)cc1O. The molecule has 0 radical (unpaired) electrons. The lowest BCUT2D eigenvalue weighted by Gasteiger charge is -2.16. The summed E-state index contributed by atoms with van der Waals surface area (Å²) in [6.07, 6.45) is 0.563. The Hall–Kier alpha value is -1.33. The molecule has 1 unspecified atom stereocenters. The van der Waals surface area contributed by atoms with Crippen molar-refractivity contribution in [3.05, 3.63) is 29.6 Å². The first-order chi connectivity index (χ1) is 8.58. The van der Waals surface area contributed by atoms with Gasteiger partial charge in [0.15, 0.2) is 0 Å². The van der Waals surface area contributed by atoms with E-state index < -0.39 is 17.5 Å². The summed E-state index contributed by atoms with van der Waals surface area (Å²) in [5.41, 5.74) is 0.0175. The van der Waals surface area contributed by atoms with Gasteiger partial charge in [0.1, 0.15) is 11.6 Å². The number of aromatic hydroxyl groups is 1. The van der Waals surface area contributed by atoms with Gasteiger partial charge in [-0.05, 0) is 18.6 Å². The molecule has 1 atom stereocenters. The molecule has 0 saturated carbocycles. The predicted molar refractivity (Wildman–Crippen MR) is 66.5 cm³/mol. The Balaban J connectivity index is 2.68. The molecule has 0 aliphatic heterocycles. The normalized spacial score (nSPS) is 12.2. The Morgan fingerprint density at radius 3 is 2.89 bits per heavy atom. The third-order valence-corrected chi connectivity index (χ3v) is 2.77. The summed E-state index contributed by atoms with van der Waals surface area (Å²) in [7, 11) is 1.55. The molecule has 0 bridgehead atoms. The van der Waals surface area contributed by atoms with Crippen molar-refractivity contribution >= 4 is 17.5 Å². The number of hydrogen-bond acceptors (Lipinski definition) is 3. The fourth-order valence-corrected chi connectivity index (χ4v) is 1.64. The average molecular weight is 276 g/mol. The molecule has 0 saturated heterocycles. The first-order valence-corrected chi connectivity index (χ1v) is 5.96. The summed E-state index contributed by atoms with van der Waals surface area (Å²) in [5, 5.41) is 12.1. The lowest BCUT2D eigenvalue weighted by atomic mass is 10.1. The van der Waals surface area contributed by atoms with E-state index in [1.54, 1.807) is 7.11 Å². The van der Waals surface area contributed by atoms with Crippen LogP contribution in [0.5, 0.6) is 5.75 Å². The summed E-state index contributed by atoms with van der Waals surface area (Å²) in [5.74, 6) is -1.25. The van der Waals surface area contributed by atoms with Gasteiger partial charge >= 0.3 is 0 Å². The van der Waals surface area contributed by atoms with E-state index in [0.29, 0.717) is 13.0 Å². The molecule has 0 aliphatic carbocycles. The van der Waals surface area contributed by atoms with Crippen LogP contribution in [-0.4, -0.2) is 36.7 Å². The van der Waals surface area contributed by atoms with Gasteiger partial charge in [0.25, 0.3) is 5.91 Å². The molecule has 0 spiro atoms. The second kappa shape index (κ2) is 7.18. The van der Waals surface area contributed by atoms with Gasteiger partial charge in [-0.25, -0.2) is 4.39 Å². The predicted octanol–water partition coefficient (Wildman–Crippen LogP) is 1.90. The lowest BCUT2D eigenvalue weighted by molar-refractivity contribution is 0.0927. The minimum atomic E-state index is -0.600. The summed E-state index contributed by atoms with van der Waals surface area (Å²) < 4.78 is 17.7. The van der Waals surface area contributed by atoms with Crippen LogP contribution >= 0.6 is 11.6 Å². The fraction of sp³-hybridized carbons (Fsp3) is 0.417. The average Bonchev–Trinajstić information content (AvgIpc) is 2.34. The molecule has 1 aromatic carbocycles. The zero-order chi connectivity index (χ0) is 13.5. The van der Waals surface area contributed by atoms with Crippen molar-refractivity contribution in [1.82, 2.24) is 5.32 Å². The number of alkyl halides is 1. The number of phenols is 1. The Morgan fingerprint density at radius 2 is 2.33 bits per heavy atom. The van der Waals surface area contributed by atoms with E-state index in [9.17, 15) is 14.3 Å². The molecule has 0 heterocycles. The van der Waals surface area contributed by atoms with Gasteiger partial charge in [0.2, 0.25) is 0 Å². The van der Waals surface area contributed by atoms with Crippen LogP contribution in [0.25, 0.3) is 0 Å². The lowest BCUT2D eigenvalue weighted by Crippen LogP contribution is -2.37. The summed E-state index contributed by atoms with van der Waals surface area (Å²) in [6, 6.07) is 2.96. The zero-order valence-electron chi connectivity index (χ0n) is 9.95. The Bertz CT molecular complexity index is 414. The van der Waals surface area contributed by atoms with E-state index in [1.807, 2.05) is 0 Å². The summed E-state index contributed by atoms with van der Waals surface area (Å²) in [4.78, 5) is 11.8. The van der Waals surface area contributed by atoms with Crippen LogP contribution in [0.2, 0.25) is 0 Å². The number of hydrogen-bond donors (Lipinski definition) is 2. The molecule has 100 valence electrons. The van der Waals surface area contributed by atoms with Gasteiger partial charge in [-0.3, -0.25) is 4.79 Å². The molecular weight excluding hydrogens is 261 g/mol. The molecule has 1 amide bonds. The minimum absolute atomic E-state index is 0.0175. The van der Waals surface area contributed by atoms with Gasteiger partial charge in [-0.1, -0.05) is 0 Å². The molecule has 0 aromatic heterocycles. The highest BCUT2D eigenvalue weighted by atomic mass is 35.5. The number of halogens is 2. The highest BCUT2D eigenvalue weighted by Crippen LogP contribution is 2.18. The third-order valence-electron chi connectivity index (χ3n) is 2.40. The highest BCUT2D eigenvalue weighted by molar-refractivity contribution is 6.18. The third kappa shape index (κ3) is 4.16. The molecule has 0 fully saturated rings. The van der Waals surface area contributed by atoms with Gasteiger partial charge < -0.3 is 15.2 Å². The van der Waals surface area contributed by atoms with E-state index in [1.165, 1.54) is 6.07 Å². The van der Waals surface area contributed by atoms with Crippen molar-refractivity contribution in [2.24, 2.45) is 0 Å². The molecular formula is C12H15ClFNO3. The number of carbonyl (C=O) groups is 1. The summed E-state index contributed by atoms with van der Waals surface area (Å²) >= 11 is 5.71. The number of phenolic OH excluding ortho intramolecular Hbond substituents is 1. The van der Waals surface area contributed by atoms with Crippen molar-refractivity contribution in [3.63, 3.8) is 0 Å². The van der Waals surface area contributed by atoms with E-state index >= 15 is 0 Å². The van der Waals surface area contributed by atoms with Crippen LogP contribution in [0, 0.1) is 5.82 Å². The van der Waals surface area contributed by atoms with Crippen LogP contribution in [0.4, 0.5) is 4.39 Å². The zero-order valence-corrected chi connectivity index (χ0v) is 10.7.